The van der Waals surface area contributed by atoms with Gasteiger partial charge in [0.1, 0.15) is 12.4 Å². The Balaban J connectivity index is 1.46. The third-order valence-corrected chi connectivity index (χ3v) is 6.75. The molecule has 0 bridgehead atoms. The van der Waals surface area contributed by atoms with Crippen molar-refractivity contribution in [3.63, 3.8) is 0 Å². The van der Waals surface area contributed by atoms with Gasteiger partial charge in [0.05, 0.1) is 28.7 Å². The normalized spacial score (nSPS) is 13.8. The van der Waals surface area contributed by atoms with Gasteiger partial charge in [0.25, 0.3) is 0 Å². The molecule has 1 aliphatic heterocycles. The minimum Gasteiger partial charge on any atom is -0.323 e. The maximum Gasteiger partial charge on any atom is 0.244 e. The zero-order valence-electron chi connectivity index (χ0n) is 18.9. The number of fused-ring (bicyclic) bond motifs is 1. The first kappa shape index (κ1) is 22.8. The van der Waals surface area contributed by atoms with Crippen LogP contribution in [-0.4, -0.2) is 38.4 Å². The van der Waals surface area contributed by atoms with Crippen molar-refractivity contribution in [2.45, 2.75) is 23.9 Å². The van der Waals surface area contributed by atoms with E-state index in [2.05, 4.69) is 15.5 Å². The van der Waals surface area contributed by atoms with E-state index in [1.165, 1.54) is 22.7 Å². The fourth-order valence-electron chi connectivity index (χ4n) is 3.98. The van der Waals surface area contributed by atoms with Crippen LogP contribution in [-0.2, 0) is 16.1 Å². The lowest BCUT2D eigenvalue weighted by Gasteiger charge is -2.30. The van der Waals surface area contributed by atoms with Crippen LogP contribution in [0, 0.1) is 5.82 Å². The minimum absolute atomic E-state index is 0.0576. The number of nitrogens with one attached hydrogen (secondary N) is 1. The maximum absolute atomic E-state index is 14.6. The molecule has 4 aromatic rings. The highest BCUT2D eigenvalue weighted by molar-refractivity contribution is 8.00. The van der Waals surface area contributed by atoms with E-state index in [9.17, 15) is 14.0 Å². The standard InChI is InChI=1S/C26H22FN5O2S/c1-17(25(34)31-16-23(33)28-21-13-7-8-14-22(21)31)35-26-30-29-24(19-11-5-6-12-20(19)27)32(26)15-18-9-3-2-4-10-18/h2-14,17H,15-16H2,1H3,(H,28,33)/t17-/m0/s1. The van der Waals surface area contributed by atoms with E-state index in [0.29, 0.717) is 34.5 Å². The minimum atomic E-state index is -0.568. The summed E-state index contributed by atoms with van der Waals surface area (Å²) in [4.78, 5) is 27.1. The quantitative estimate of drug-likeness (QED) is 0.402. The summed E-state index contributed by atoms with van der Waals surface area (Å²) in [5, 5.41) is 11.3. The topological polar surface area (TPSA) is 80.1 Å². The highest BCUT2D eigenvalue weighted by Crippen LogP contribution is 2.33. The van der Waals surface area contributed by atoms with Crippen LogP contribution < -0.4 is 10.2 Å². The molecule has 1 aliphatic rings. The molecule has 3 aromatic carbocycles. The number of hydrogen-bond acceptors (Lipinski definition) is 5. The lowest BCUT2D eigenvalue weighted by molar-refractivity contribution is -0.121. The van der Waals surface area contributed by atoms with Crippen LogP contribution in [0.5, 0.6) is 0 Å². The van der Waals surface area contributed by atoms with Crippen molar-refractivity contribution in [1.29, 1.82) is 0 Å². The number of aromatic nitrogens is 3. The smallest absolute Gasteiger partial charge is 0.244 e. The van der Waals surface area contributed by atoms with Crippen molar-refractivity contribution < 1.29 is 14.0 Å². The molecule has 9 heteroatoms. The van der Waals surface area contributed by atoms with Gasteiger partial charge in [-0.15, -0.1) is 10.2 Å². The monoisotopic (exact) mass is 487 g/mol. The van der Waals surface area contributed by atoms with Crippen LogP contribution in [0.25, 0.3) is 11.4 Å². The first-order chi connectivity index (χ1) is 17.0. The molecule has 0 fully saturated rings. The highest BCUT2D eigenvalue weighted by Gasteiger charge is 2.31. The van der Waals surface area contributed by atoms with Gasteiger partial charge in [0.15, 0.2) is 11.0 Å². The molecule has 0 spiro atoms. The Hall–Kier alpha value is -3.98. The Morgan fingerprint density at radius 3 is 2.54 bits per heavy atom. The van der Waals surface area contributed by atoms with Crippen molar-refractivity contribution in [1.82, 2.24) is 14.8 Å². The van der Waals surface area contributed by atoms with Gasteiger partial charge in [0.2, 0.25) is 11.8 Å². The summed E-state index contributed by atoms with van der Waals surface area (Å²) >= 11 is 1.23. The first-order valence-corrected chi connectivity index (χ1v) is 12.0. The maximum atomic E-state index is 14.6. The number of para-hydroxylation sites is 2. The van der Waals surface area contributed by atoms with Crippen molar-refractivity contribution in [2.75, 3.05) is 16.8 Å². The van der Waals surface area contributed by atoms with E-state index in [1.807, 2.05) is 47.0 Å². The number of thioether (sulfide) groups is 1. The Morgan fingerprint density at radius 1 is 1.03 bits per heavy atom. The summed E-state index contributed by atoms with van der Waals surface area (Å²) < 4.78 is 16.4. The van der Waals surface area contributed by atoms with E-state index in [4.69, 9.17) is 0 Å². The first-order valence-electron chi connectivity index (χ1n) is 11.1. The second-order valence-electron chi connectivity index (χ2n) is 8.11. The molecule has 1 aromatic heterocycles. The van der Waals surface area contributed by atoms with Crippen LogP contribution in [0.15, 0.2) is 84.0 Å². The van der Waals surface area contributed by atoms with Crippen LogP contribution in [0.2, 0.25) is 0 Å². The van der Waals surface area contributed by atoms with Crippen molar-refractivity contribution in [3.05, 3.63) is 90.2 Å². The van der Waals surface area contributed by atoms with E-state index in [-0.39, 0.29) is 18.4 Å². The second-order valence-corrected chi connectivity index (χ2v) is 9.42. The van der Waals surface area contributed by atoms with Crippen LogP contribution in [0.4, 0.5) is 15.8 Å². The summed E-state index contributed by atoms with van der Waals surface area (Å²) in [6.45, 7) is 2.13. The molecule has 7 nitrogen and oxygen atoms in total. The lowest BCUT2D eigenvalue weighted by Crippen LogP contribution is -2.45. The summed E-state index contributed by atoms with van der Waals surface area (Å²) in [6, 6.07) is 23.3. The second kappa shape index (κ2) is 9.71. The predicted octanol–water partition coefficient (Wildman–Crippen LogP) is 4.60. The molecule has 0 aliphatic carbocycles. The van der Waals surface area contributed by atoms with Crippen molar-refractivity contribution >= 4 is 35.0 Å². The average molecular weight is 488 g/mol. The van der Waals surface area contributed by atoms with E-state index in [1.54, 1.807) is 37.3 Å². The van der Waals surface area contributed by atoms with Gasteiger partial charge in [-0.3, -0.25) is 19.1 Å². The molecular weight excluding hydrogens is 465 g/mol. The van der Waals surface area contributed by atoms with Crippen molar-refractivity contribution in [3.8, 4) is 11.4 Å². The van der Waals surface area contributed by atoms with E-state index in [0.717, 1.165) is 5.56 Å². The third kappa shape index (κ3) is 4.67. The summed E-state index contributed by atoms with van der Waals surface area (Å²) in [5.41, 5.74) is 2.58. The number of hydrogen-bond donors (Lipinski definition) is 1. The Kier molecular flexibility index (Phi) is 6.33. The van der Waals surface area contributed by atoms with Gasteiger partial charge >= 0.3 is 0 Å². The fraction of sp³-hybridized carbons (Fsp3) is 0.154. The lowest BCUT2D eigenvalue weighted by atomic mass is 10.2. The number of amides is 2. The van der Waals surface area contributed by atoms with Crippen molar-refractivity contribution in [2.24, 2.45) is 0 Å². The molecule has 0 saturated carbocycles. The van der Waals surface area contributed by atoms with E-state index >= 15 is 0 Å². The van der Waals surface area contributed by atoms with Gasteiger partial charge < -0.3 is 5.32 Å². The Bertz CT molecular complexity index is 1390. The molecule has 5 rings (SSSR count). The molecule has 1 N–H and O–H groups in total. The molecule has 176 valence electrons. The average Bonchev–Trinajstić information content (AvgIpc) is 3.25. The van der Waals surface area contributed by atoms with Gasteiger partial charge in [0, 0.05) is 0 Å². The number of anilines is 2. The van der Waals surface area contributed by atoms with Gasteiger partial charge in [-0.2, -0.15) is 0 Å². The van der Waals surface area contributed by atoms with E-state index < -0.39 is 11.1 Å². The molecule has 0 unspecified atom stereocenters. The number of carbonyl (C=O) groups is 2. The largest absolute Gasteiger partial charge is 0.323 e. The zero-order valence-corrected chi connectivity index (χ0v) is 19.7. The highest BCUT2D eigenvalue weighted by atomic mass is 32.2. The zero-order chi connectivity index (χ0) is 24.4. The van der Waals surface area contributed by atoms with Crippen LogP contribution in [0.1, 0.15) is 12.5 Å². The van der Waals surface area contributed by atoms with Gasteiger partial charge in [-0.05, 0) is 36.8 Å². The molecule has 35 heavy (non-hydrogen) atoms. The Morgan fingerprint density at radius 2 is 1.74 bits per heavy atom. The molecule has 0 saturated heterocycles. The van der Waals surface area contributed by atoms with Crippen LogP contribution in [0.3, 0.4) is 0 Å². The molecular formula is C26H22FN5O2S. The molecule has 0 radical (unpaired) electrons. The molecule has 1 atom stereocenters. The summed E-state index contributed by atoms with van der Waals surface area (Å²) in [7, 11) is 0. The van der Waals surface area contributed by atoms with Crippen LogP contribution >= 0.6 is 11.8 Å². The van der Waals surface area contributed by atoms with Gasteiger partial charge in [-0.1, -0.05) is 66.4 Å². The molecule has 2 amide bonds. The summed E-state index contributed by atoms with van der Waals surface area (Å²) in [5.74, 6) is -0.482. The van der Waals surface area contributed by atoms with Gasteiger partial charge in [-0.25, -0.2) is 4.39 Å². The number of halogens is 1. The number of carbonyl (C=O) groups excluding carboxylic acids is 2. The number of benzene rings is 3. The SMILES string of the molecule is C[C@H](Sc1nnc(-c2ccccc2F)n1Cc1ccccc1)C(=O)N1CC(=O)Nc2ccccc21. The molecule has 2 heterocycles. The fourth-order valence-corrected chi connectivity index (χ4v) is 4.89. The Labute approximate surface area is 206 Å². The predicted molar refractivity (Wildman–Crippen MR) is 134 cm³/mol. The number of rotatable bonds is 6. The third-order valence-electron chi connectivity index (χ3n) is 5.68. The summed E-state index contributed by atoms with van der Waals surface area (Å²) in [6.07, 6.45) is 0. The number of nitrogens with zero attached hydrogens (tertiary/aromatic N) is 4.